The van der Waals surface area contributed by atoms with Gasteiger partial charge in [0, 0.05) is 31.6 Å². The Morgan fingerprint density at radius 2 is 1.86 bits per heavy atom. The van der Waals surface area contributed by atoms with E-state index in [2.05, 4.69) is 15.4 Å². The molecule has 0 atom stereocenters. The second kappa shape index (κ2) is 9.44. The first-order chi connectivity index (χ1) is 13.5. The van der Waals surface area contributed by atoms with Gasteiger partial charge < -0.3 is 15.4 Å². The number of piperidine rings is 1. The predicted molar refractivity (Wildman–Crippen MR) is 96.3 cm³/mol. The smallest absolute Gasteiger partial charge is 0.406 e. The number of rotatable bonds is 7. The second-order valence-electron chi connectivity index (χ2n) is 6.37. The zero-order valence-electron chi connectivity index (χ0n) is 15.7. The Hall–Kier alpha value is -2.34. The highest BCUT2D eigenvalue weighted by atomic mass is 32.2. The molecule has 1 saturated heterocycles. The fourth-order valence-electron chi connectivity index (χ4n) is 2.91. The number of ether oxygens (including phenoxy) is 1. The van der Waals surface area contributed by atoms with E-state index in [4.69, 9.17) is 0 Å². The van der Waals surface area contributed by atoms with Gasteiger partial charge in [-0.3, -0.25) is 9.59 Å². The number of hydrogen-bond acceptors (Lipinski definition) is 5. The first-order valence-electron chi connectivity index (χ1n) is 8.93. The lowest BCUT2D eigenvalue weighted by atomic mass is 9.97. The van der Waals surface area contributed by atoms with E-state index in [-0.39, 0.29) is 49.2 Å². The third-order valence-corrected chi connectivity index (χ3v) is 6.19. The van der Waals surface area contributed by atoms with E-state index in [1.165, 1.54) is 6.07 Å². The van der Waals surface area contributed by atoms with E-state index in [0.29, 0.717) is 6.54 Å². The van der Waals surface area contributed by atoms with Gasteiger partial charge in [0.2, 0.25) is 21.8 Å². The maximum atomic E-state index is 12.7. The van der Waals surface area contributed by atoms with Crippen LogP contribution in [-0.4, -0.2) is 57.1 Å². The Labute approximate surface area is 166 Å². The van der Waals surface area contributed by atoms with Gasteiger partial charge in [0.1, 0.15) is 5.75 Å². The van der Waals surface area contributed by atoms with Crippen LogP contribution in [0.15, 0.2) is 29.2 Å². The summed E-state index contributed by atoms with van der Waals surface area (Å²) in [6.07, 6.45) is -4.46. The number of benzene rings is 1. The molecule has 2 amide bonds. The van der Waals surface area contributed by atoms with Crippen LogP contribution in [-0.2, 0) is 19.6 Å². The number of carbonyl (C=O) groups excluding carboxylic acids is 2. The zero-order chi connectivity index (χ0) is 21.7. The van der Waals surface area contributed by atoms with Gasteiger partial charge in [-0.05, 0) is 31.9 Å². The molecule has 1 heterocycles. The first-order valence-corrected chi connectivity index (χ1v) is 10.4. The molecule has 2 N–H and O–H groups in total. The lowest BCUT2D eigenvalue weighted by Gasteiger charge is -2.30. The summed E-state index contributed by atoms with van der Waals surface area (Å²) in [6, 6.07) is 4.17. The highest BCUT2D eigenvalue weighted by Gasteiger charge is 2.34. The molecular weight excluding hydrogens is 415 g/mol. The minimum Gasteiger partial charge on any atom is -0.406 e. The summed E-state index contributed by atoms with van der Waals surface area (Å²) < 4.78 is 67.4. The number of hydrogen-bond donors (Lipinski definition) is 2. The van der Waals surface area contributed by atoms with Crippen LogP contribution in [0.1, 0.15) is 19.8 Å². The number of halogens is 3. The zero-order valence-corrected chi connectivity index (χ0v) is 16.5. The molecule has 1 aliphatic rings. The molecule has 29 heavy (non-hydrogen) atoms. The van der Waals surface area contributed by atoms with Gasteiger partial charge in [-0.2, -0.15) is 4.31 Å². The number of nitrogens with one attached hydrogen (secondary N) is 2. The third kappa shape index (κ3) is 6.60. The molecule has 0 aliphatic carbocycles. The van der Waals surface area contributed by atoms with Crippen molar-refractivity contribution in [3.05, 3.63) is 24.3 Å². The molecule has 0 unspecified atom stereocenters. The summed E-state index contributed by atoms with van der Waals surface area (Å²) in [7, 11) is -4.03. The standard InChI is InChI=1S/C17H22F3N3O5S/c1-2-21-15(24)11-22-16(25)12-6-8-23(9-7-12)29(26,27)14-5-3-4-13(10-14)28-17(18,19)20/h3-5,10,12H,2,6-9,11H2,1H3,(H,21,24)(H,22,25). The quantitative estimate of drug-likeness (QED) is 0.668. The molecule has 162 valence electrons. The Morgan fingerprint density at radius 3 is 2.45 bits per heavy atom. The van der Waals surface area contributed by atoms with Crippen molar-refractivity contribution >= 4 is 21.8 Å². The summed E-state index contributed by atoms with van der Waals surface area (Å²) in [5.41, 5.74) is 0. The van der Waals surface area contributed by atoms with Crippen molar-refractivity contribution in [2.75, 3.05) is 26.2 Å². The number of nitrogens with zero attached hydrogens (tertiary/aromatic N) is 1. The van der Waals surface area contributed by atoms with Gasteiger partial charge in [0.05, 0.1) is 11.4 Å². The maximum absolute atomic E-state index is 12.7. The Morgan fingerprint density at radius 1 is 1.21 bits per heavy atom. The highest BCUT2D eigenvalue weighted by molar-refractivity contribution is 7.89. The third-order valence-electron chi connectivity index (χ3n) is 4.30. The first kappa shape index (κ1) is 22.9. The molecule has 0 aromatic heterocycles. The monoisotopic (exact) mass is 437 g/mol. The molecule has 2 rings (SSSR count). The van der Waals surface area contributed by atoms with Crippen LogP contribution in [0.2, 0.25) is 0 Å². The van der Waals surface area contributed by atoms with Gasteiger partial charge in [0.25, 0.3) is 0 Å². The summed E-state index contributed by atoms with van der Waals surface area (Å²) in [6.45, 7) is 2.11. The molecule has 1 aliphatic heterocycles. The van der Waals surface area contributed by atoms with E-state index < -0.39 is 28.1 Å². The van der Waals surface area contributed by atoms with Gasteiger partial charge in [0.15, 0.2) is 0 Å². The summed E-state index contributed by atoms with van der Waals surface area (Å²) >= 11 is 0. The van der Waals surface area contributed by atoms with Crippen molar-refractivity contribution < 1.29 is 35.9 Å². The van der Waals surface area contributed by atoms with Gasteiger partial charge in [-0.1, -0.05) is 6.07 Å². The average Bonchev–Trinajstić information content (AvgIpc) is 2.65. The Kier molecular flexibility index (Phi) is 7.47. The summed E-state index contributed by atoms with van der Waals surface area (Å²) in [5.74, 6) is -1.73. The Balaban J connectivity index is 1.97. The van der Waals surface area contributed by atoms with Crippen molar-refractivity contribution in [3.63, 3.8) is 0 Å². The van der Waals surface area contributed by atoms with Crippen molar-refractivity contribution in [2.45, 2.75) is 31.0 Å². The van der Waals surface area contributed by atoms with Crippen LogP contribution in [0, 0.1) is 5.92 Å². The predicted octanol–water partition coefficient (Wildman–Crippen LogP) is 1.24. The number of likely N-dealkylation sites (N-methyl/N-ethyl adjacent to an activating group) is 1. The van der Waals surface area contributed by atoms with E-state index in [1.807, 2.05) is 0 Å². The Bertz CT molecular complexity index is 837. The largest absolute Gasteiger partial charge is 0.573 e. The number of sulfonamides is 1. The van der Waals surface area contributed by atoms with Crippen LogP contribution in [0.5, 0.6) is 5.75 Å². The van der Waals surface area contributed by atoms with Gasteiger partial charge >= 0.3 is 6.36 Å². The minimum absolute atomic E-state index is 0.0337. The van der Waals surface area contributed by atoms with E-state index in [9.17, 15) is 31.2 Å². The van der Waals surface area contributed by atoms with Crippen molar-refractivity contribution in [1.29, 1.82) is 0 Å². The molecule has 0 saturated carbocycles. The summed E-state index contributed by atoms with van der Waals surface area (Å²) in [4.78, 5) is 23.2. The van der Waals surface area contributed by atoms with Crippen molar-refractivity contribution in [3.8, 4) is 5.75 Å². The molecule has 8 nitrogen and oxygen atoms in total. The SMILES string of the molecule is CCNC(=O)CNC(=O)C1CCN(S(=O)(=O)c2cccc(OC(F)(F)F)c2)CC1. The number of alkyl halides is 3. The molecular formula is C17H22F3N3O5S. The topological polar surface area (TPSA) is 105 Å². The van der Waals surface area contributed by atoms with Crippen LogP contribution in [0.4, 0.5) is 13.2 Å². The van der Waals surface area contributed by atoms with Crippen LogP contribution < -0.4 is 15.4 Å². The van der Waals surface area contributed by atoms with Crippen LogP contribution in [0.3, 0.4) is 0 Å². The second-order valence-corrected chi connectivity index (χ2v) is 8.31. The van der Waals surface area contributed by atoms with E-state index >= 15 is 0 Å². The molecule has 1 fully saturated rings. The highest BCUT2D eigenvalue weighted by Crippen LogP contribution is 2.28. The minimum atomic E-state index is -4.93. The molecule has 0 spiro atoms. The lowest BCUT2D eigenvalue weighted by molar-refractivity contribution is -0.274. The molecule has 1 aromatic rings. The molecule has 0 bridgehead atoms. The molecule has 1 aromatic carbocycles. The average molecular weight is 437 g/mol. The van der Waals surface area contributed by atoms with Gasteiger partial charge in [-0.25, -0.2) is 8.42 Å². The van der Waals surface area contributed by atoms with Crippen molar-refractivity contribution in [1.82, 2.24) is 14.9 Å². The van der Waals surface area contributed by atoms with E-state index in [1.54, 1.807) is 6.92 Å². The fraction of sp³-hybridized carbons (Fsp3) is 0.529. The maximum Gasteiger partial charge on any atom is 0.573 e. The van der Waals surface area contributed by atoms with Crippen LogP contribution in [0.25, 0.3) is 0 Å². The van der Waals surface area contributed by atoms with Crippen LogP contribution >= 0.6 is 0 Å². The number of amides is 2. The van der Waals surface area contributed by atoms with E-state index in [0.717, 1.165) is 22.5 Å². The normalized spacial score (nSPS) is 16.3. The lowest BCUT2D eigenvalue weighted by Crippen LogP contribution is -2.45. The van der Waals surface area contributed by atoms with Gasteiger partial charge in [-0.15, -0.1) is 13.2 Å². The fourth-order valence-corrected chi connectivity index (χ4v) is 4.42. The summed E-state index contributed by atoms with van der Waals surface area (Å²) in [5, 5.41) is 5.06. The van der Waals surface area contributed by atoms with Crippen molar-refractivity contribution in [2.24, 2.45) is 5.92 Å². The molecule has 12 heteroatoms. The number of carbonyl (C=O) groups is 2. The molecule has 0 radical (unpaired) electrons.